The molecule has 3 aliphatic rings. The summed E-state index contributed by atoms with van der Waals surface area (Å²) >= 11 is 0. The smallest absolute Gasteiger partial charge is 0.179 e. The van der Waals surface area contributed by atoms with Gasteiger partial charge in [-0.05, 0) is 55.2 Å². The highest BCUT2D eigenvalue weighted by atomic mass is 32.2. The van der Waals surface area contributed by atoms with Crippen LogP contribution in [0.25, 0.3) is 0 Å². The van der Waals surface area contributed by atoms with Gasteiger partial charge in [-0.3, -0.25) is 0 Å². The Bertz CT molecular complexity index is 669. The van der Waals surface area contributed by atoms with Crippen LogP contribution in [0.2, 0.25) is 0 Å². The summed E-state index contributed by atoms with van der Waals surface area (Å²) in [5.74, 6) is 2.01. The zero-order valence-electron chi connectivity index (χ0n) is 12.5. The highest BCUT2D eigenvalue weighted by molar-refractivity contribution is 7.91. The summed E-state index contributed by atoms with van der Waals surface area (Å²) < 4.78 is 25.1. The lowest BCUT2D eigenvalue weighted by molar-refractivity contribution is 0.128. The zero-order chi connectivity index (χ0) is 14.7. The van der Waals surface area contributed by atoms with Gasteiger partial charge in [0.2, 0.25) is 0 Å². The van der Waals surface area contributed by atoms with Crippen LogP contribution in [0.3, 0.4) is 0 Å². The van der Waals surface area contributed by atoms with E-state index >= 15 is 0 Å². The number of rotatable bonds is 3. The van der Waals surface area contributed by atoms with Crippen molar-refractivity contribution >= 4 is 9.84 Å². The largest absolute Gasteiger partial charge is 0.319 e. The second-order valence-electron chi connectivity index (χ2n) is 7.22. The standard InChI is InChI=1S/C17H23NO2S/c1-18-11-17(9-12-6-7-13(17)8-12)15-10-21(19,20)16-5-3-2-4-14(15)16/h2-5,12-13,15,18H,6-11H2,1H3. The van der Waals surface area contributed by atoms with Crippen LogP contribution in [-0.4, -0.2) is 27.8 Å². The molecule has 1 aromatic carbocycles. The molecule has 1 N–H and O–H groups in total. The van der Waals surface area contributed by atoms with E-state index < -0.39 is 9.84 Å². The Hall–Kier alpha value is -0.870. The predicted octanol–water partition coefficient (Wildman–Crippen LogP) is 2.58. The molecule has 0 spiro atoms. The third kappa shape index (κ3) is 1.85. The van der Waals surface area contributed by atoms with Crippen LogP contribution in [-0.2, 0) is 9.84 Å². The second kappa shape index (κ2) is 4.56. The van der Waals surface area contributed by atoms with Crippen molar-refractivity contribution in [3.8, 4) is 0 Å². The number of benzene rings is 1. The average molecular weight is 305 g/mol. The van der Waals surface area contributed by atoms with E-state index in [0.717, 1.165) is 18.0 Å². The van der Waals surface area contributed by atoms with Gasteiger partial charge in [-0.1, -0.05) is 24.6 Å². The third-order valence-electron chi connectivity index (χ3n) is 6.24. The SMILES string of the molecule is CNCC1(C2CS(=O)(=O)c3ccccc32)CC2CCC1C2. The highest BCUT2D eigenvalue weighted by Gasteiger charge is 2.57. The van der Waals surface area contributed by atoms with Crippen molar-refractivity contribution in [1.29, 1.82) is 0 Å². The van der Waals surface area contributed by atoms with Crippen LogP contribution < -0.4 is 5.32 Å². The molecule has 3 nitrogen and oxygen atoms in total. The molecule has 1 aromatic rings. The lowest BCUT2D eigenvalue weighted by Gasteiger charge is -2.43. The number of hydrogen-bond donors (Lipinski definition) is 1. The Morgan fingerprint density at radius 2 is 2.10 bits per heavy atom. The maximum absolute atomic E-state index is 12.6. The highest BCUT2D eigenvalue weighted by Crippen LogP contribution is 2.63. The minimum Gasteiger partial charge on any atom is -0.319 e. The van der Waals surface area contributed by atoms with Gasteiger partial charge in [-0.2, -0.15) is 0 Å². The quantitative estimate of drug-likeness (QED) is 0.933. The van der Waals surface area contributed by atoms with Gasteiger partial charge in [0.1, 0.15) is 0 Å². The first-order chi connectivity index (χ1) is 10.1. The van der Waals surface area contributed by atoms with Gasteiger partial charge in [0.25, 0.3) is 0 Å². The van der Waals surface area contributed by atoms with Crippen molar-refractivity contribution in [2.45, 2.75) is 36.5 Å². The molecule has 4 rings (SSSR count). The predicted molar refractivity (Wildman–Crippen MR) is 83.0 cm³/mol. The maximum Gasteiger partial charge on any atom is 0.179 e. The van der Waals surface area contributed by atoms with E-state index in [-0.39, 0.29) is 11.3 Å². The van der Waals surface area contributed by atoms with Gasteiger partial charge in [-0.25, -0.2) is 8.42 Å². The van der Waals surface area contributed by atoms with Gasteiger partial charge in [0, 0.05) is 12.5 Å². The summed E-state index contributed by atoms with van der Waals surface area (Å²) in [6.07, 6.45) is 5.13. The molecule has 2 aliphatic carbocycles. The fraction of sp³-hybridized carbons (Fsp3) is 0.647. The molecule has 0 radical (unpaired) electrons. The summed E-state index contributed by atoms with van der Waals surface area (Å²) in [6, 6.07) is 7.69. The van der Waals surface area contributed by atoms with Crippen LogP contribution in [0.1, 0.15) is 37.2 Å². The first kappa shape index (κ1) is 13.8. The summed E-state index contributed by atoms with van der Waals surface area (Å²) in [7, 11) is -1.09. The Kier molecular flexibility index (Phi) is 2.99. The molecule has 2 bridgehead atoms. The molecular weight excluding hydrogens is 282 g/mol. The summed E-state index contributed by atoms with van der Waals surface area (Å²) in [6.45, 7) is 0.947. The normalized spacial score (nSPS) is 39.6. The maximum atomic E-state index is 12.6. The van der Waals surface area contributed by atoms with E-state index in [1.54, 1.807) is 6.07 Å². The fourth-order valence-corrected chi connectivity index (χ4v) is 7.49. The van der Waals surface area contributed by atoms with Crippen molar-refractivity contribution in [2.24, 2.45) is 17.3 Å². The monoisotopic (exact) mass is 305 g/mol. The Morgan fingerprint density at radius 3 is 2.76 bits per heavy atom. The molecule has 114 valence electrons. The minimum atomic E-state index is -3.09. The Labute approximate surface area is 127 Å². The summed E-state index contributed by atoms with van der Waals surface area (Å²) in [5.41, 5.74) is 1.23. The molecular formula is C17H23NO2S. The van der Waals surface area contributed by atoms with Crippen LogP contribution in [0.4, 0.5) is 0 Å². The zero-order valence-corrected chi connectivity index (χ0v) is 13.3. The lowest BCUT2D eigenvalue weighted by Crippen LogP contribution is -2.43. The molecule has 1 heterocycles. The number of nitrogens with one attached hydrogen (secondary N) is 1. The number of sulfone groups is 1. The van der Waals surface area contributed by atoms with Crippen LogP contribution in [0.15, 0.2) is 29.2 Å². The van der Waals surface area contributed by atoms with E-state index in [1.165, 1.54) is 25.7 Å². The van der Waals surface area contributed by atoms with E-state index in [4.69, 9.17) is 0 Å². The van der Waals surface area contributed by atoms with Gasteiger partial charge < -0.3 is 5.32 Å². The Balaban J connectivity index is 1.82. The third-order valence-corrected chi connectivity index (χ3v) is 8.05. The fourth-order valence-electron chi connectivity index (χ4n) is 5.51. The van der Waals surface area contributed by atoms with E-state index in [0.29, 0.717) is 16.6 Å². The summed E-state index contributed by atoms with van der Waals surface area (Å²) in [4.78, 5) is 0.591. The summed E-state index contributed by atoms with van der Waals surface area (Å²) in [5, 5.41) is 3.38. The average Bonchev–Trinajstić information content (AvgIpc) is 3.12. The van der Waals surface area contributed by atoms with Gasteiger partial charge >= 0.3 is 0 Å². The molecule has 0 aromatic heterocycles. The van der Waals surface area contributed by atoms with E-state index in [1.807, 2.05) is 25.2 Å². The molecule has 4 heteroatoms. The van der Waals surface area contributed by atoms with Crippen molar-refractivity contribution in [3.63, 3.8) is 0 Å². The molecule has 4 unspecified atom stereocenters. The topological polar surface area (TPSA) is 46.2 Å². The van der Waals surface area contributed by atoms with Crippen molar-refractivity contribution < 1.29 is 8.42 Å². The van der Waals surface area contributed by atoms with Gasteiger partial charge in [0.05, 0.1) is 10.6 Å². The van der Waals surface area contributed by atoms with Crippen LogP contribution >= 0.6 is 0 Å². The van der Waals surface area contributed by atoms with Crippen molar-refractivity contribution in [2.75, 3.05) is 19.3 Å². The molecule has 2 saturated carbocycles. The first-order valence-electron chi connectivity index (χ1n) is 8.03. The minimum absolute atomic E-state index is 0.150. The molecule has 4 atom stereocenters. The first-order valence-corrected chi connectivity index (χ1v) is 9.68. The molecule has 0 saturated heterocycles. The van der Waals surface area contributed by atoms with Gasteiger partial charge in [0.15, 0.2) is 9.84 Å². The van der Waals surface area contributed by atoms with E-state index in [9.17, 15) is 8.42 Å². The van der Waals surface area contributed by atoms with Gasteiger partial charge in [-0.15, -0.1) is 0 Å². The van der Waals surface area contributed by atoms with Crippen LogP contribution in [0.5, 0.6) is 0 Å². The number of hydrogen-bond acceptors (Lipinski definition) is 3. The van der Waals surface area contributed by atoms with Crippen molar-refractivity contribution in [1.82, 2.24) is 5.32 Å². The Morgan fingerprint density at radius 1 is 1.29 bits per heavy atom. The van der Waals surface area contributed by atoms with E-state index in [2.05, 4.69) is 5.32 Å². The van der Waals surface area contributed by atoms with Crippen LogP contribution in [0, 0.1) is 17.3 Å². The lowest BCUT2D eigenvalue weighted by atomic mass is 9.63. The molecule has 21 heavy (non-hydrogen) atoms. The second-order valence-corrected chi connectivity index (χ2v) is 9.22. The molecule has 2 fully saturated rings. The number of fused-ring (bicyclic) bond motifs is 3. The van der Waals surface area contributed by atoms with Crippen molar-refractivity contribution in [3.05, 3.63) is 29.8 Å². The molecule has 1 aliphatic heterocycles. The molecule has 0 amide bonds.